The fourth-order valence-electron chi connectivity index (χ4n) is 2.68. The van der Waals surface area contributed by atoms with Crippen molar-refractivity contribution in [3.05, 3.63) is 42.7 Å². The fraction of sp³-hybridized carbons (Fsp3) is 0.619. The maximum atomic E-state index is 11.2. The maximum Gasteiger partial charge on any atom is 0.333 e. The quantitative estimate of drug-likeness (QED) is 0.208. The van der Waals surface area contributed by atoms with Crippen LogP contribution in [0.5, 0.6) is 0 Å². The summed E-state index contributed by atoms with van der Waals surface area (Å²) in [5.41, 5.74) is 0.484. The smallest absolute Gasteiger partial charge is 0.333 e. The van der Waals surface area contributed by atoms with Crippen LogP contribution in [0.15, 0.2) is 42.7 Å². The molecule has 134 valence electrons. The van der Waals surface area contributed by atoms with Gasteiger partial charge in [0.15, 0.2) is 12.4 Å². The normalized spacial score (nSPS) is 10.5. The van der Waals surface area contributed by atoms with Crippen LogP contribution in [0.4, 0.5) is 0 Å². The van der Waals surface area contributed by atoms with E-state index in [9.17, 15) is 4.79 Å². The standard InChI is InChI=1S/C21H34NO2/c1-20(2)21(23)24-19-15-10-8-6-4-3-5-7-9-12-16-22-17-13-11-14-18-22/h11,13-14,17-18H,1,3-10,12,15-16,19H2,2H3/q+1. The summed E-state index contributed by atoms with van der Waals surface area (Å²) in [6, 6.07) is 6.24. The van der Waals surface area contributed by atoms with Crippen LogP contribution in [0, 0.1) is 0 Å². The summed E-state index contributed by atoms with van der Waals surface area (Å²) in [6.45, 7) is 6.92. The van der Waals surface area contributed by atoms with Crippen molar-refractivity contribution in [3.63, 3.8) is 0 Å². The van der Waals surface area contributed by atoms with Gasteiger partial charge in [-0.3, -0.25) is 0 Å². The van der Waals surface area contributed by atoms with Gasteiger partial charge in [-0.15, -0.1) is 0 Å². The van der Waals surface area contributed by atoms with Crippen molar-refractivity contribution in [1.82, 2.24) is 0 Å². The zero-order valence-electron chi connectivity index (χ0n) is 15.3. The van der Waals surface area contributed by atoms with Gasteiger partial charge in [0.2, 0.25) is 0 Å². The Morgan fingerprint density at radius 3 is 1.88 bits per heavy atom. The molecule has 0 saturated carbocycles. The summed E-state index contributed by atoms with van der Waals surface area (Å²) in [7, 11) is 0. The molecule has 1 aromatic rings. The lowest BCUT2D eigenvalue weighted by Crippen LogP contribution is -2.32. The van der Waals surface area contributed by atoms with Crippen molar-refractivity contribution in [2.45, 2.75) is 77.7 Å². The Hall–Kier alpha value is -1.64. The molecular formula is C21H34NO2+. The van der Waals surface area contributed by atoms with E-state index in [0.29, 0.717) is 12.2 Å². The highest BCUT2D eigenvalue weighted by Crippen LogP contribution is 2.10. The molecule has 3 nitrogen and oxygen atoms in total. The van der Waals surface area contributed by atoms with E-state index in [0.717, 1.165) is 19.4 Å². The molecular weight excluding hydrogens is 298 g/mol. The van der Waals surface area contributed by atoms with Gasteiger partial charge in [-0.2, -0.15) is 0 Å². The van der Waals surface area contributed by atoms with Gasteiger partial charge in [-0.1, -0.05) is 57.6 Å². The number of hydrogen-bond acceptors (Lipinski definition) is 2. The molecule has 24 heavy (non-hydrogen) atoms. The number of aromatic nitrogens is 1. The third-order valence-corrected chi connectivity index (χ3v) is 4.17. The number of nitrogens with zero attached hydrogens (tertiary/aromatic N) is 1. The third kappa shape index (κ3) is 11.0. The van der Waals surface area contributed by atoms with E-state index in [1.165, 1.54) is 51.4 Å². The van der Waals surface area contributed by atoms with Crippen LogP contribution in [0.3, 0.4) is 0 Å². The Labute approximate surface area is 147 Å². The molecule has 0 aromatic carbocycles. The SMILES string of the molecule is C=C(C)C(=O)OCCCCCCCCCCCC[n+]1ccccc1. The van der Waals surface area contributed by atoms with Gasteiger partial charge in [0.05, 0.1) is 6.61 Å². The molecule has 3 heteroatoms. The monoisotopic (exact) mass is 332 g/mol. The molecule has 1 rings (SSSR count). The van der Waals surface area contributed by atoms with Gasteiger partial charge in [0.1, 0.15) is 6.54 Å². The first-order valence-corrected chi connectivity index (χ1v) is 9.47. The fourth-order valence-corrected chi connectivity index (χ4v) is 2.68. The second-order valence-electron chi connectivity index (χ2n) is 6.57. The maximum absolute atomic E-state index is 11.2. The second kappa shape index (κ2) is 13.8. The molecule has 1 aromatic heterocycles. The number of rotatable bonds is 14. The van der Waals surface area contributed by atoms with Crippen LogP contribution < -0.4 is 4.57 Å². The molecule has 0 spiro atoms. The van der Waals surface area contributed by atoms with Crippen molar-refractivity contribution in [3.8, 4) is 0 Å². The van der Waals surface area contributed by atoms with Crippen molar-refractivity contribution in [1.29, 1.82) is 0 Å². The molecule has 0 unspecified atom stereocenters. The molecule has 0 fully saturated rings. The van der Waals surface area contributed by atoms with E-state index in [4.69, 9.17) is 4.74 Å². The number of ether oxygens (including phenoxy) is 1. The Balaban J connectivity index is 1.78. The van der Waals surface area contributed by atoms with Gasteiger partial charge in [-0.05, 0) is 19.8 Å². The highest BCUT2D eigenvalue weighted by atomic mass is 16.5. The molecule has 0 bridgehead atoms. The van der Waals surface area contributed by atoms with Gasteiger partial charge in [-0.25, -0.2) is 9.36 Å². The van der Waals surface area contributed by atoms with Crippen molar-refractivity contribution in [2.24, 2.45) is 0 Å². The lowest BCUT2D eigenvalue weighted by Gasteiger charge is -2.04. The summed E-state index contributed by atoms with van der Waals surface area (Å²) >= 11 is 0. The third-order valence-electron chi connectivity index (χ3n) is 4.17. The predicted molar refractivity (Wildman–Crippen MR) is 98.6 cm³/mol. The Bertz CT molecular complexity index is 456. The molecule has 0 aliphatic carbocycles. The highest BCUT2D eigenvalue weighted by Gasteiger charge is 2.02. The topological polar surface area (TPSA) is 30.2 Å². The first-order chi connectivity index (χ1) is 11.7. The molecule has 0 amide bonds. The van der Waals surface area contributed by atoms with E-state index in [1.54, 1.807) is 6.92 Å². The summed E-state index contributed by atoms with van der Waals surface area (Å²) < 4.78 is 7.34. The molecule has 0 N–H and O–H groups in total. The lowest BCUT2D eigenvalue weighted by molar-refractivity contribution is -0.697. The molecule has 0 aliphatic heterocycles. The number of pyridine rings is 1. The van der Waals surface area contributed by atoms with Gasteiger partial charge in [0.25, 0.3) is 0 Å². The molecule has 1 heterocycles. The van der Waals surface area contributed by atoms with E-state index >= 15 is 0 Å². The summed E-state index contributed by atoms with van der Waals surface area (Å²) in [6.07, 6.45) is 16.9. The van der Waals surface area contributed by atoms with E-state index in [1.807, 2.05) is 0 Å². The average molecular weight is 333 g/mol. The zero-order chi connectivity index (χ0) is 17.5. The zero-order valence-corrected chi connectivity index (χ0v) is 15.3. The van der Waals surface area contributed by atoms with Crippen molar-refractivity contribution < 1.29 is 14.1 Å². The lowest BCUT2D eigenvalue weighted by atomic mass is 10.1. The first kappa shape index (κ1) is 20.4. The Morgan fingerprint density at radius 2 is 1.33 bits per heavy atom. The minimum atomic E-state index is -0.263. The van der Waals surface area contributed by atoms with Gasteiger partial charge in [0, 0.05) is 24.1 Å². The molecule has 0 radical (unpaired) electrons. The summed E-state index contributed by atoms with van der Waals surface area (Å²) in [5, 5.41) is 0. The largest absolute Gasteiger partial charge is 0.462 e. The minimum absolute atomic E-state index is 0.263. The molecule has 0 atom stereocenters. The van der Waals surface area contributed by atoms with Crippen molar-refractivity contribution >= 4 is 5.97 Å². The number of hydrogen-bond donors (Lipinski definition) is 0. The number of esters is 1. The number of carbonyl (C=O) groups is 1. The number of carbonyl (C=O) groups excluding carboxylic acids is 1. The van der Waals surface area contributed by atoms with Gasteiger partial charge < -0.3 is 4.74 Å². The van der Waals surface area contributed by atoms with Crippen LogP contribution in [-0.2, 0) is 16.1 Å². The van der Waals surface area contributed by atoms with Crippen LogP contribution in [-0.4, -0.2) is 12.6 Å². The van der Waals surface area contributed by atoms with Crippen molar-refractivity contribution in [2.75, 3.05) is 6.61 Å². The van der Waals surface area contributed by atoms with Crippen LogP contribution in [0.2, 0.25) is 0 Å². The van der Waals surface area contributed by atoms with Crippen LogP contribution >= 0.6 is 0 Å². The Kier molecular flexibility index (Phi) is 11.7. The minimum Gasteiger partial charge on any atom is -0.462 e. The molecule has 0 aliphatic rings. The molecule has 0 saturated heterocycles. The highest BCUT2D eigenvalue weighted by molar-refractivity contribution is 5.86. The van der Waals surface area contributed by atoms with Crippen LogP contribution in [0.1, 0.15) is 71.1 Å². The van der Waals surface area contributed by atoms with Gasteiger partial charge >= 0.3 is 5.97 Å². The second-order valence-corrected chi connectivity index (χ2v) is 6.57. The van der Waals surface area contributed by atoms with Crippen LogP contribution in [0.25, 0.3) is 0 Å². The first-order valence-electron chi connectivity index (χ1n) is 9.47. The Morgan fingerprint density at radius 1 is 0.833 bits per heavy atom. The summed E-state index contributed by atoms with van der Waals surface area (Å²) in [4.78, 5) is 11.2. The van der Waals surface area contributed by atoms with E-state index < -0.39 is 0 Å². The summed E-state index contributed by atoms with van der Waals surface area (Å²) in [5.74, 6) is -0.263. The van der Waals surface area contributed by atoms with E-state index in [2.05, 4.69) is 41.7 Å². The van der Waals surface area contributed by atoms with E-state index in [-0.39, 0.29) is 5.97 Å². The number of unbranched alkanes of at least 4 members (excludes halogenated alkanes) is 9. The predicted octanol–water partition coefficient (Wildman–Crippen LogP) is 4.99. The average Bonchev–Trinajstić information content (AvgIpc) is 2.59. The number of aryl methyl sites for hydroxylation is 1.